The first-order valence-electron chi connectivity index (χ1n) is 10.2. The summed E-state index contributed by atoms with van der Waals surface area (Å²) in [4.78, 5) is 22.9. The van der Waals surface area contributed by atoms with E-state index in [2.05, 4.69) is 20.8 Å². The molecule has 0 saturated heterocycles. The van der Waals surface area contributed by atoms with Crippen LogP contribution in [0, 0.1) is 15.9 Å². The molecule has 1 aromatic heterocycles. The van der Waals surface area contributed by atoms with Crippen LogP contribution in [0.15, 0.2) is 84.0 Å². The highest BCUT2D eigenvalue weighted by Gasteiger charge is 2.17. The maximum absolute atomic E-state index is 13.8. The molecule has 0 saturated carbocycles. The number of anilines is 1. The Morgan fingerprint density at radius 2 is 1.71 bits per heavy atom. The summed E-state index contributed by atoms with van der Waals surface area (Å²) in [6.45, 7) is -0.00380. The second-order valence-corrected chi connectivity index (χ2v) is 8.01. The molecule has 3 aromatic carbocycles. The van der Waals surface area contributed by atoms with Crippen molar-refractivity contribution in [1.82, 2.24) is 20.1 Å². The number of urea groups is 1. The third kappa shape index (κ3) is 5.56. The normalized spacial score (nSPS) is 10.6. The van der Waals surface area contributed by atoms with Crippen LogP contribution in [-0.2, 0) is 12.3 Å². The number of halogens is 1. The lowest BCUT2D eigenvalue weighted by atomic mass is 10.2. The number of nitrogens with zero attached hydrogens (tertiary/aromatic N) is 4. The summed E-state index contributed by atoms with van der Waals surface area (Å²) in [6.07, 6.45) is 0. The molecule has 11 heteroatoms. The van der Waals surface area contributed by atoms with Gasteiger partial charge in [0.1, 0.15) is 5.82 Å². The number of non-ortho nitro benzene ring substituents is 1. The number of aromatic nitrogens is 3. The van der Waals surface area contributed by atoms with Gasteiger partial charge in [-0.15, -0.1) is 10.2 Å². The van der Waals surface area contributed by atoms with Gasteiger partial charge in [-0.05, 0) is 29.8 Å². The molecule has 4 aromatic rings. The second kappa shape index (κ2) is 10.6. The Balaban J connectivity index is 1.54. The van der Waals surface area contributed by atoms with E-state index in [0.717, 1.165) is 5.56 Å². The molecule has 9 nitrogen and oxygen atoms in total. The van der Waals surface area contributed by atoms with Gasteiger partial charge in [0.25, 0.3) is 5.69 Å². The predicted molar refractivity (Wildman–Crippen MR) is 126 cm³/mol. The van der Waals surface area contributed by atoms with Crippen molar-refractivity contribution >= 4 is 29.2 Å². The van der Waals surface area contributed by atoms with Gasteiger partial charge in [-0.3, -0.25) is 14.7 Å². The number of nitro benzene ring substituents is 1. The van der Waals surface area contributed by atoms with Crippen LogP contribution in [0.5, 0.6) is 0 Å². The molecule has 172 valence electrons. The minimum atomic E-state index is -0.609. The number of nitro groups is 1. The van der Waals surface area contributed by atoms with Crippen LogP contribution >= 0.6 is 11.8 Å². The van der Waals surface area contributed by atoms with Crippen LogP contribution in [0.25, 0.3) is 5.69 Å². The maximum Gasteiger partial charge on any atom is 0.319 e. The van der Waals surface area contributed by atoms with E-state index in [1.165, 1.54) is 42.1 Å². The van der Waals surface area contributed by atoms with Gasteiger partial charge >= 0.3 is 6.03 Å². The predicted octanol–water partition coefficient (Wildman–Crippen LogP) is 4.93. The fourth-order valence-corrected chi connectivity index (χ4v) is 4.03. The van der Waals surface area contributed by atoms with Crippen molar-refractivity contribution in [3.8, 4) is 5.69 Å². The average Bonchev–Trinajstić information content (AvgIpc) is 3.26. The summed E-state index contributed by atoms with van der Waals surface area (Å²) in [6, 6.07) is 21.0. The molecule has 2 N–H and O–H groups in total. The molecule has 0 aliphatic carbocycles. The first-order valence-corrected chi connectivity index (χ1v) is 11.1. The number of para-hydroxylation sites is 1. The molecule has 0 bridgehead atoms. The van der Waals surface area contributed by atoms with Crippen molar-refractivity contribution in [3.05, 3.63) is 106 Å². The summed E-state index contributed by atoms with van der Waals surface area (Å²) in [5.41, 5.74) is 1.71. The zero-order valence-corrected chi connectivity index (χ0v) is 18.5. The number of hydrogen-bond acceptors (Lipinski definition) is 6. The highest BCUT2D eigenvalue weighted by molar-refractivity contribution is 7.98. The fourth-order valence-electron chi connectivity index (χ4n) is 3.10. The van der Waals surface area contributed by atoms with Gasteiger partial charge in [0, 0.05) is 23.6 Å². The molecule has 2 amide bonds. The van der Waals surface area contributed by atoms with Crippen molar-refractivity contribution in [1.29, 1.82) is 0 Å². The number of thioether (sulfide) groups is 1. The van der Waals surface area contributed by atoms with Crippen LogP contribution in [0.3, 0.4) is 0 Å². The van der Waals surface area contributed by atoms with Gasteiger partial charge in [-0.2, -0.15) is 0 Å². The Bertz CT molecular complexity index is 1300. The van der Waals surface area contributed by atoms with Crippen LogP contribution in [0.4, 0.5) is 20.6 Å². The van der Waals surface area contributed by atoms with Crippen molar-refractivity contribution in [3.63, 3.8) is 0 Å². The first kappa shape index (κ1) is 22.9. The van der Waals surface area contributed by atoms with E-state index in [9.17, 15) is 19.3 Å². The van der Waals surface area contributed by atoms with Gasteiger partial charge in [-0.1, -0.05) is 54.2 Å². The maximum atomic E-state index is 13.8. The summed E-state index contributed by atoms with van der Waals surface area (Å²) in [5.74, 6) is 0.493. The molecule has 0 unspecified atom stereocenters. The average molecular weight is 479 g/mol. The molecule has 4 rings (SSSR count). The third-order valence-electron chi connectivity index (χ3n) is 4.76. The molecule has 0 fully saturated rings. The molecule has 1 heterocycles. The van der Waals surface area contributed by atoms with Crippen LogP contribution in [0.1, 0.15) is 11.4 Å². The van der Waals surface area contributed by atoms with E-state index in [4.69, 9.17) is 0 Å². The largest absolute Gasteiger partial charge is 0.331 e. The summed E-state index contributed by atoms with van der Waals surface area (Å²) >= 11 is 1.44. The third-order valence-corrected chi connectivity index (χ3v) is 5.76. The fraction of sp³-hybridized carbons (Fsp3) is 0.0870. The quantitative estimate of drug-likeness (QED) is 0.211. The molecule has 0 aliphatic heterocycles. The monoisotopic (exact) mass is 478 g/mol. The van der Waals surface area contributed by atoms with E-state index in [-0.39, 0.29) is 17.9 Å². The molecule has 34 heavy (non-hydrogen) atoms. The Kier molecular flexibility index (Phi) is 7.13. The number of hydrogen-bond donors (Lipinski definition) is 2. The molecule has 0 radical (unpaired) electrons. The van der Waals surface area contributed by atoms with E-state index in [1.807, 2.05) is 30.3 Å². The second-order valence-electron chi connectivity index (χ2n) is 7.07. The molecule has 0 aliphatic rings. The zero-order chi connectivity index (χ0) is 23.9. The van der Waals surface area contributed by atoms with Crippen LogP contribution in [-0.4, -0.2) is 25.7 Å². The number of carbonyl (C=O) groups is 1. The van der Waals surface area contributed by atoms with Gasteiger partial charge in [0.2, 0.25) is 0 Å². The Labute approximate surface area is 198 Å². The van der Waals surface area contributed by atoms with Crippen molar-refractivity contribution in [2.75, 3.05) is 5.32 Å². The highest BCUT2D eigenvalue weighted by Crippen LogP contribution is 2.26. The Morgan fingerprint density at radius 3 is 2.41 bits per heavy atom. The molecule has 0 atom stereocenters. The Morgan fingerprint density at radius 1 is 1.00 bits per heavy atom. The summed E-state index contributed by atoms with van der Waals surface area (Å²) in [7, 11) is 0. The van der Waals surface area contributed by atoms with Gasteiger partial charge < -0.3 is 10.6 Å². The van der Waals surface area contributed by atoms with Crippen molar-refractivity contribution in [2.45, 2.75) is 17.5 Å². The van der Waals surface area contributed by atoms with Crippen LogP contribution in [0.2, 0.25) is 0 Å². The summed E-state index contributed by atoms with van der Waals surface area (Å²) in [5, 5.41) is 25.1. The number of carbonyl (C=O) groups excluding carboxylic acids is 1. The number of amides is 2. The van der Waals surface area contributed by atoms with E-state index in [1.54, 1.807) is 22.8 Å². The molecule has 0 spiro atoms. The van der Waals surface area contributed by atoms with E-state index < -0.39 is 16.8 Å². The van der Waals surface area contributed by atoms with E-state index >= 15 is 0 Å². The van der Waals surface area contributed by atoms with Crippen molar-refractivity contribution in [2.24, 2.45) is 0 Å². The van der Waals surface area contributed by atoms with Gasteiger partial charge in [0.05, 0.1) is 17.2 Å². The zero-order valence-electron chi connectivity index (χ0n) is 17.7. The van der Waals surface area contributed by atoms with Gasteiger partial charge in [-0.25, -0.2) is 9.18 Å². The number of rotatable bonds is 8. The standard InChI is InChI=1S/C23H19FN6O3S/c24-19-8-4-5-9-20(19)26-22(31)25-14-21-27-28-23(34-15-16-6-2-1-3-7-16)29(21)17-10-12-18(13-11-17)30(32)33/h1-13H,14-15H2,(H2,25,26,31). The number of benzene rings is 3. The lowest BCUT2D eigenvalue weighted by molar-refractivity contribution is -0.384. The highest BCUT2D eigenvalue weighted by atomic mass is 32.2. The smallest absolute Gasteiger partial charge is 0.319 e. The van der Waals surface area contributed by atoms with Crippen LogP contribution < -0.4 is 10.6 Å². The lowest BCUT2D eigenvalue weighted by Crippen LogP contribution is -2.29. The SMILES string of the molecule is O=C(NCc1nnc(SCc2ccccc2)n1-c1ccc([N+](=O)[O-])cc1)Nc1ccccc1F. The minimum absolute atomic E-state index is 0.00380. The molecular formula is C23H19FN6O3S. The minimum Gasteiger partial charge on any atom is -0.331 e. The molecular weight excluding hydrogens is 459 g/mol. The first-order chi connectivity index (χ1) is 16.5. The van der Waals surface area contributed by atoms with Gasteiger partial charge in [0.15, 0.2) is 11.0 Å². The lowest BCUT2D eigenvalue weighted by Gasteiger charge is -2.12. The van der Waals surface area contributed by atoms with E-state index in [0.29, 0.717) is 22.4 Å². The number of nitrogens with one attached hydrogen (secondary N) is 2. The van der Waals surface area contributed by atoms with Crippen molar-refractivity contribution < 1.29 is 14.1 Å². The Hall–Kier alpha value is -4.25. The summed E-state index contributed by atoms with van der Waals surface area (Å²) < 4.78 is 15.5. The topological polar surface area (TPSA) is 115 Å².